The molecule has 1 saturated carbocycles. The average Bonchev–Trinajstić information content (AvgIpc) is 2.23. The van der Waals surface area contributed by atoms with Crippen LogP contribution in [0, 0.1) is 0 Å². The fourth-order valence-electron chi connectivity index (χ4n) is 2.52. The van der Waals surface area contributed by atoms with Gasteiger partial charge in [0, 0.05) is 23.5 Å². The lowest BCUT2D eigenvalue weighted by atomic mass is 9.75. The van der Waals surface area contributed by atoms with E-state index in [2.05, 4.69) is 17.4 Å². The second-order valence-electron chi connectivity index (χ2n) is 5.15. The lowest BCUT2D eigenvalue weighted by Gasteiger charge is -2.38. The van der Waals surface area contributed by atoms with Crippen molar-refractivity contribution in [2.45, 2.75) is 44.2 Å². The van der Waals surface area contributed by atoms with E-state index < -0.39 is 0 Å². The van der Waals surface area contributed by atoms with Crippen LogP contribution in [0.4, 0.5) is 0 Å². The van der Waals surface area contributed by atoms with Crippen molar-refractivity contribution in [1.82, 2.24) is 5.32 Å². The zero-order valence-electron chi connectivity index (χ0n) is 10.5. The Morgan fingerprint density at radius 1 is 1.44 bits per heavy atom. The van der Waals surface area contributed by atoms with E-state index >= 15 is 0 Å². The van der Waals surface area contributed by atoms with Crippen LogP contribution in [-0.4, -0.2) is 18.0 Å². The molecular weight excluding hydrogens is 248 g/mol. The van der Waals surface area contributed by atoms with Crippen molar-refractivity contribution in [3.05, 3.63) is 34.9 Å². The molecule has 18 heavy (non-hydrogen) atoms. The van der Waals surface area contributed by atoms with Gasteiger partial charge in [-0.25, -0.2) is 0 Å². The lowest BCUT2D eigenvalue weighted by Crippen LogP contribution is -2.45. The highest BCUT2D eigenvalue weighted by Gasteiger charge is 2.30. The third kappa shape index (κ3) is 3.47. The molecule has 1 aromatic carbocycles. The lowest BCUT2D eigenvalue weighted by molar-refractivity contribution is -0.118. The summed E-state index contributed by atoms with van der Waals surface area (Å²) in [4.78, 5) is 10.8. The standard InChI is InChI=1S/C14H19ClN2O/c1-9(6-14(16)18)17-13-7-11(8-13)10-2-4-12(15)5-3-10/h2-5,9,11,13,17H,6-8H2,1H3,(H2,16,18). The van der Waals surface area contributed by atoms with Gasteiger partial charge in [-0.1, -0.05) is 23.7 Å². The first-order chi connectivity index (χ1) is 8.54. The van der Waals surface area contributed by atoms with Crippen LogP contribution < -0.4 is 11.1 Å². The van der Waals surface area contributed by atoms with Gasteiger partial charge in [0.25, 0.3) is 0 Å². The summed E-state index contributed by atoms with van der Waals surface area (Å²) in [5.74, 6) is 0.365. The van der Waals surface area contributed by atoms with Crippen molar-refractivity contribution in [3.8, 4) is 0 Å². The smallest absolute Gasteiger partial charge is 0.218 e. The summed E-state index contributed by atoms with van der Waals surface area (Å²) in [7, 11) is 0. The Kier molecular flexibility index (Phi) is 4.25. The molecule has 3 nitrogen and oxygen atoms in total. The molecule has 1 aromatic rings. The molecule has 0 spiro atoms. The summed E-state index contributed by atoms with van der Waals surface area (Å²) in [6.07, 6.45) is 2.64. The number of nitrogens with two attached hydrogens (primary N) is 1. The number of benzene rings is 1. The van der Waals surface area contributed by atoms with Crippen molar-refractivity contribution in [2.75, 3.05) is 0 Å². The van der Waals surface area contributed by atoms with Crippen molar-refractivity contribution >= 4 is 17.5 Å². The van der Waals surface area contributed by atoms with Crippen LogP contribution in [0.15, 0.2) is 24.3 Å². The largest absolute Gasteiger partial charge is 0.370 e. The van der Waals surface area contributed by atoms with E-state index in [0.717, 1.165) is 17.9 Å². The van der Waals surface area contributed by atoms with Crippen molar-refractivity contribution in [1.29, 1.82) is 0 Å². The van der Waals surface area contributed by atoms with E-state index in [-0.39, 0.29) is 11.9 Å². The molecule has 0 aliphatic heterocycles. The maximum Gasteiger partial charge on any atom is 0.218 e. The highest BCUT2D eigenvalue weighted by atomic mass is 35.5. The Balaban J connectivity index is 1.77. The number of amides is 1. The SMILES string of the molecule is CC(CC(N)=O)NC1CC(c2ccc(Cl)cc2)C1. The Hall–Kier alpha value is -1.06. The molecular formula is C14H19ClN2O. The Morgan fingerprint density at radius 2 is 2.06 bits per heavy atom. The number of primary amides is 1. The first-order valence-corrected chi connectivity index (χ1v) is 6.72. The molecule has 1 aliphatic carbocycles. The van der Waals surface area contributed by atoms with E-state index in [1.807, 2.05) is 19.1 Å². The minimum Gasteiger partial charge on any atom is -0.370 e. The van der Waals surface area contributed by atoms with Crippen molar-refractivity contribution in [2.24, 2.45) is 5.73 Å². The van der Waals surface area contributed by atoms with E-state index in [1.54, 1.807) is 0 Å². The molecule has 3 N–H and O–H groups in total. The van der Waals surface area contributed by atoms with Gasteiger partial charge in [0.05, 0.1) is 0 Å². The van der Waals surface area contributed by atoms with Crippen molar-refractivity contribution in [3.63, 3.8) is 0 Å². The molecule has 98 valence electrons. The molecule has 1 fully saturated rings. The molecule has 1 unspecified atom stereocenters. The van der Waals surface area contributed by atoms with Crippen LogP contribution in [0.1, 0.15) is 37.7 Å². The van der Waals surface area contributed by atoms with Gasteiger partial charge >= 0.3 is 0 Å². The quantitative estimate of drug-likeness (QED) is 0.860. The number of rotatable bonds is 5. The number of carbonyl (C=O) groups is 1. The van der Waals surface area contributed by atoms with Crippen LogP contribution in [0.25, 0.3) is 0 Å². The van der Waals surface area contributed by atoms with E-state index in [9.17, 15) is 4.79 Å². The summed E-state index contributed by atoms with van der Waals surface area (Å²) in [6, 6.07) is 8.73. The zero-order valence-corrected chi connectivity index (χ0v) is 11.3. The molecule has 0 heterocycles. The maximum absolute atomic E-state index is 10.8. The summed E-state index contributed by atoms with van der Waals surface area (Å²) < 4.78 is 0. The van der Waals surface area contributed by atoms with Gasteiger partial charge in [-0.2, -0.15) is 0 Å². The Morgan fingerprint density at radius 3 is 2.61 bits per heavy atom. The van der Waals surface area contributed by atoms with E-state index in [1.165, 1.54) is 5.56 Å². The molecule has 1 aliphatic rings. The van der Waals surface area contributed by atoms with Gasteiger partial charge in [-0.05, 0) is 43.4 Å². The van der Waals surface area contributed by atoms with Crippen LogP contribution >= 0.6 is 11.6 Å². The first-order valence-electron chi connectivity index (χ1n) is 6.34. The Bertz CT molecular complexity index is 412. The van der Waals surface area contributed by atoms with Crippen LogP contribution in [0.2, 0.25) is 5.02 Å². The number of carbonyl (C=O) groups excluding carboxylic acids is 1. The molecule has 2 rings (SSSR count). The highest BCUT2D eigenvalue weighted by Crippen LogP contribution is 2.37. The normalized spacial score (nSPS) is 24.3. The van der Waals surface area contributed by atoms with Crippen LogP contribution in [0.3, 0.4) is 0 Å². The minimum atomic E-state index is -0.247. The fourth-order valence-corrected chi connectivity index (χ4v) is 2.65. The van der Waals surface area contributed by atoms with Crippen molar-refractivity contribution < 1.29 is 4.79 Å². The molecule has 4 heteroatoms. The number of nitrogens with one attached hydrogen (secondary N) is 1. The van der Waals surface area contributed by atoms with Gasteiger partial charge in [0.2, 0.25) is 5.91 Å². The number of halogens is 1. The van der Waals surface area contributed by atoms with E-state index in [0.29, 0.717) is 18.4 Å². The van der Waals surface area contributed by atoms with Gasteiger partial charge in [0.1, 0.15) is 0 Å². The third-order valence-corrected chi connectivity index (χ3v) is 3.76. The topological polar surface area (TPSA) is 55.1 Å². The fraction of sp³-hybridized carbons (Fsp3) is 0.500. The van der Waals surface area contributed by atoms with E-state index in [4.69, 9.17) is 17.3 Å². The summed E-state index contributed by atoms with van der Waals surface area (Å²) in [6.45, 7) is 2.00. The predicted octanol–water partition coefficient (Wildman–Crippen LogP) is 2.44. The monoisotopic (exact) mass is 266 g/mol. The molecule has 0 saturated heterocycles. The predicted molar refractivity (Wildman–Crippen MR) is 73.6 cm³/mol. The van der Waals surface area contributed by atoms with Crippen LogP contribution in [-0.2, 0) is 4.79 Å². The zero-order chi connectivity index (χ0) is 13.1. The molecule has 1 amide bonds. The highest BCUT2D eigenvalue weighted by molar-refractivity contribution is 6.30. The van der Waals surface area contributed by atoms with Crippen LogP contribution in [0.5, 0.6) is 0 Å². The Labute approximate surface area is 113 Å². The number of hydrogen-bond donors (Lipinski definition) is 2. The maximum atomic E-state index is 10.8. The third-order valence-electron chi connectivity index (χ3n) is 3.51. The van der Waals surface area contributed by atoms with Gasteiger partial charge < -0.3 is 11.1 Å². The molecule has 0 radical (unpaired) electrons. The number of hydrogen-bond acceptors (Lipinski definition) is 2. The second kappa shape index (κ2) is 5.72. The van der Waals surface area contributed by atoms with Gasteiger partial charge in [0.15, 0.2) is 0 Å². The molecule has 0 bridgehead atoms. The summed E-state index contributed by atoms with van der Waals surface area (Å²) in [5, 5.41) is 4.21. The second-order valence-corrected chi connectivity index (χ2v) is 5.59. The molecule has 0 aromatic heterocycles. The van der Waals surface area contributed by atoms with Gasteiger partial charge in [-0.15, -0.1) is 0 Å². The summed E-state index contributed by atoms with van der Waals surface area (Å²) >= 11 is 5.87. The van der Waals surface area contributed by atoms with Gasteiger partial charge in [-0.3, -0.25) is 4.79 Å². The average molecular weight is 267 g/mol. The molecule has 1 atom stereocenters. The minimum absolute atomic E-state index is 0.165. The summed E-state index contributed by atoms with van der Waals surface area (Å²) in [5.41, 5.74) is 6.52. The first kappa shape index (κ1) is 13.4.